The number of nitrogens with zero attached hydrogens (tertiary/aromatic N) is 1. The summed E-state index contributed by atoms with van der Waals surface area (Å²) in [6.07, 6.45) is 1.68. The van der Waals surface area contributed by atoms with Crippen LogP contribution in [0.2, 0.25) is 0 Å². The first-order valence-corrected chi connectivity index (χ1v) is 9.94. The number of imidazole rings is 1. The molecule has 0 aliphatic heterocycles. The molecule has 0 aliphatic rings. The topological polar surface area (TPSA) is 109 Å². The quantitative estimate of drug-likeness (QED) is 0.386. The number of para-hydroxylation sites is 1. The zero-order valence-corrected chi connectivity index (χ0v) is 17.6. The Labute approximate surface area is 183 Å². The Morgan fingerprint density at radius 3 is 2.66 bits per heavy atom. The normalized spacial score (nSPS) is 11.1. The summed E-state index contributed by atoms with van der Waals surface area (Å²) >= 11 is 0. The maximum absolute atomic E-state index is 12.2. The number of carbonyl (C=O) groups is 1. The van der Waals surface area contributed by atoms with Gasteiger partial charge in [0.15, 0.2) is 18.1 Å². The van der Waals surface area contributed by atoms with E-state index < -0.39 is 0 Å². The van der Waals surface area contributed by atoms with Crippen molar-refractivity contribution in [3.05, 3.63) is 82.3 Å². The van der Waals surface area contributed by atoms with Gasteiger partial charge in [0.05, 0.1) is 23.8 Å². The molecule has 8 nitrogen and oxygen atoms in total. The zero-order chi connectivity index (χ0) is 22.5. The average Bonchev–Trinajstić information content (AvgIpc) is 3.17. The fourth-order valence-corrected chi connectivity index (χ4v) is 3.18. The Balaban J connectivity index is 1.42. The molecule has 0 saturated heterocycles. The van der Waals surface area contributed by atoms with Gasteiger partial charge in [-0.05, 0) is 60.5 Å². The van der Waals surface area contributed by atoms with E-state index in [1.165, 1.54) is 7.11 Å². The third-order valence-corrected chi connectivity index (χ3v) is 4.83. The highest BCUT2D eigenvalue weighted by Crippen LogP contribution is 2.28. The summed E-state index contributed by atoms with van der Waals surface area (Å²) in [5, 5.41) is 2.83. The molecule has 32 heavy (non-hydrogen) atoms. The highest BCUT2D eigenvalue weighted by Gasteiger charge is 2.09. The minimum Gasteiger partial charge on any atom is -0.493 e. The largest absolute Gasteiger partial charge is 0.493 e. The molecule has 4 aromatic rings. The van der Waals surface area contributed by atoms with E-state index in [-0.39, 0.29) is 18.2 Å². The van der Waals surface area contributed by atoms with Crippen LogP contribution in [0.1, 0.15) is 11.1 Å². The third-order valence-electron chi connectivity index (χ3n) is 4.83. The number of aliphatic imine (C=N–C) groups is 1. The lowest BCUT2D eigenvalue weighted by Crippen LogP contribution is -2.20. The van der Waals surface area contributed by atoms with Gasteiger partial charge in [-0.3, -0.25) is 9.79 Å². The van der Waals surface area contributed by atoms with Crippen molar-refractivity contribution >= 4 is 34.5 Å². The molecule has 0 radical (unpaired) electrons. The van der Waals surface area contributed by atoms with E-state index in [2.05, 4.69) is 20.3 Å². The number of anilines is 1. The summed E-state index contributed by atoms with van der Waals surface area (Å²) in [4.78, 5) is 33.5. The maximum atomic E-state index is 12.2. The van der Waals surface area contributed by atoms with Crippen LogP contribution in [0.5, 0.6) is 11.5 Å². The third kappa shape index (κ3) is 4.86. The van der Waals surface area contributed by atoms with Crippen molar-refractivity contribution in [1.82, 2.24) is 9.97 Å². The number of amides is 1. The number of ether oxygens (including phenoxy) is 2. The Morgan fingerprint density at radius 2 is 1.84 bits per heavy atom. The predicted octanol–water partition coefficient (Wildman–Crippen LogP) is 3.94. The second-order valence-electron chi connectivity index (χ2n) is 7.13. The first kappa shape index (κ1) is 20.9. The highest BCUT2D eigenvalue weighted by atomic mass is 16.5. The Hall–Kier alpha value is -4.33. The summed E-state index contributed by atoms with van der Waals surface area (Å²) in [7, 11) is 1.53. The molecule has 0 atom stereocenters. The molecule has 1 amide bonds. The fourth-order valence-electron chi connectivity index (χ4n) is 3.18. The summed E-state index contributed by atoms with van der Waals surface area (Å²) in [5.41, 5.74) is 4.37. The number of aryl methyl sites for hydroxylation is 1. The number of nitrogens with one attached hydrogen (secondary N) is 3. The van der Waals surface area contributed by atoms with Crippen LogP contribution in [0.3, 0.4) is 0 Å². The van der Waals surface area contributed by atoms with Crippen molar-refractivity contribution in [3.63, 3.8) is 0 Å². The van der Waals surface area contributed by atoms with Gasteiger partial charge in [0.1, 0.15) is 0 Å². The molecule has 4 rings (SSSR count). The molecule has 1 heterocycles. The highest BCUT2D eigenvalue weighted by molar-refractivity contribution is 5.92. The standard InChI is InChI=1S/C24H22N4O4/c1-15-5-3-4-6-18(15)26-23(29)14-32-21-10-7-16(11-22(21)31-2)13-25-17-8-9-19-20(12-17)28-24(30)27-19/h3-13H,14H2,1-2H3,(H,26,29)(H2,27,28,30). The number of aromatic nitrogens is 2. The molecule has 0 unspecified atom stereocenters. The van der Waals surface area contributed by atoms with E-state index in [0.29, 0.717) is 22.7 Å². The van der Waals surface area contributed by atoms with Crippen molar-refractivity contribution in [2.45, 2.75) is 6.92 Å². The van der Waals surface area contributed by atoms with Gasteiger partial charge in [-0.15, -0.1) is 0 Å². The van der Waals surface area contributed by atoms with Crippen LogP contribution in [0.4, 0.5) is 11.4 Å². The molecule has 0 saturated carbocycles. The van der Waals surface area contributed by atoms with Gasteiger partial charge in [-0.1, -0.05) is 18.2 Å². The predicted molar refractivity (Wildman–Crippen MR) is 124 cm³/mol. The molecule has 3 aromatic carbocycles. The SMILES string of the molecule is COc1cc(C=Nc2ccc3[nH]c(=O)[nH]c3c2)ccc1OCC(=O)Nc1ccccc1C. The lowest BCUT2D eigenvalue weighted by atomic mass is 10.2. The maximum Gasteiger partial charge on any atom is 0.323 e. The number of H-pyrrole nitrogens is 2. The summed E-state index contributed by atoms with van der Waals surface area (Å²) in [6.45, 7) is 1.78. The van der Waals surface area contributed by atoms with E-state index in [9.17, 15) is 9.59 Å². The molecule has 1 aromatic heterocycles. The molecule has 0 bridgehead atoms. The summed E-state index contributed by atoms with van der Waals surface area (Å²) < 4.78 is 11.1. The van der Waals surface area contributed by atoms with Crippen molar-refractivity contribution in [1.29, 1.82) is 0 Å². The molecular formula is C24H22N4O4. The average molecular weight is 430 g/mol. The van der Waals surface area contributed by atoms with Crippen LogP contribution in [-0.4, -0.2) is 35.8 Å². The van der Waals surface area contributed by atoms with Gasteiger partial charge in [-0.2, -0.15) is 0 Å². The molecular weight excluding hydrogens is 408 g/mol. The van der Waals surface area contributed by atoms with E-state index in [1.54, 1.807) is 30.5 Å². The molecule has 162 valence electrons. The van der Waals surface area contributed by atoms with Crippen LogP contribution in [-0.2, 0) is 4.79 Å². The van der Waals surface area contributed by atoms with E-state index in [4.69, 9.17) is 9.47 Å². The van der Waals surface area contributed by atoms with Crippen molar-refractivity contribution < 1.29 is 14.3 Å². The molecule has 0 spiro atoms. The number of aromatic amines is 2. The fraction of sp³-hybridized carbons (Fsp3) is 0.125. The minimum atomic E-state index is -0.259. The van der Waals surface area contributed by atoms with Crippen LogP contribution in [0.15, 0.2) is 70.5 Å². The number of hydrogen-bond acceptors (Lipinski definition) is 5. The second kappa shape index (κ2) is 9.22. The monoisotopic (exact) mass is 430 g/mol. The van der Waals surface area contributed by atoms with Gasteiger partial charge >= 0.3 is 5.69 Å². The number of benzene rings is 3. The first-order valence-electron chi connectivity index (χ1n) is 9.94. The minimum absolute atomic E-state index is 0.146. The van der Waals surface area contributed by atoms with Crippen LogP contribution in [0.25, 0.3) is 11.0 Å². The lowest BCUT2D eigenvalue weighted by Gasteiger charge is -2.12. The summed E-state index contributed by atoms with van der Waals surface area (Å²) in [5.74, 6) is 0.684. The van der Waals surface area contributed by atoms with Gasteiger partial charge in [0.2, 0.25) is 0 Å². The van der Waals surface area contributed by atoms with Crippen molar-refractivity contribution in [2.75, 3.05) is 19.0 Å². The van der Waals surface area contributed by atoms with Gasteiger partial charge in [-0.25, -0.2) is 4.79 Å². The van der Waals surface area contributed by atoms with Gasteiger partial charge < -0.3 is 24.8 Å². The van der Waals surface area contributed by atoms with E-state index in [0.717, 1.165) is 22.3 Å². The number of methoxy groups -OCH3 is 1. The number of carbonyl (C=O) groups excluding carboxylic acids is 1. The number of fused-ring (bicyclic) bond motifs is 1. The molecule has 0 fully saturated rings. The smallest absolute Gasteiger partial charge is 0.323 e. The van der Waals surface area contributed by atoms with Gasteiger partial charge in [0.25, 0.3) is 5.91 Å². The Morgan fingerprint density at radius 1 is 1.03 bits per heavy atom. The molecule has 0 aliphatic carbocycles. The second-order valence-corrected chi connectivity index (χ2v) is 7.13. The Bertz CT molecular complexity index is 1350. The van der Waals surface area contributed by atoms with Gasteiger partial charge in [0, 0.05) is 11.9 Å². The zero-order valence-electron chi connectivity index (χ0n) is 17.6. The van der Waals surface area contributed by atoms with Crippen LogP contribution >= 0.6 is 0 Å². The van der Waals surface area contributed by atoms with Crippen molar-refractivity contribution in [3.8, 4) is 11.5 Å². The molecule has 8 heteroatoms. The van der Waals surface area contributed by atoms with Crippen LogP contribution < -0.4 is 20.5 Å². The summed E-state index contributed by atoms with van der Waals surface area (Å²) in [6, 6.07) is 18.2. The first-order chi connectivity index (χ1) is 15.5. The van der Waals surface area contributed by atoms with E-state index in [1.807, 2.05) is 43.3 Å². The number of hydrogen-bond donors (Lipinski definition) is 3. The van der Waals surface area contributed by atoms with Crippen molar-refractivity contribution in [2.24, 2.45) is 4.99 Å². The number of rotatable bonds is 7. The molecule has 3 N–H and O–H groups in total. The van der Waals surface area contributed by atoms with E-state index >= 15 is 0 Å². The lowest BCUT2D eigenvalue weighted by molar-refractivity contribution is -0.118. The Kier molecular flexibility index (Phi) is 6.03. The van der Waals surface area contributed by atoms with Crippen LogP contribution in [0, 0.1) is 6.92 Å².